The summed E-state index contributed by atoms with van der Waals surface area (Å²) in [6.45, 7) is 1.12. The minimum absolute atomic E-state index is 0.160. The molecule has 1 aliphatic heterocycles. The van der Waals surface area contributed by atoms with Crippen molar-refractivity contribution in [1.82, 2.24) is 10.6 Å². The number of ether oxygens (including phenoxy) is 1. The molecule has 1 aliphatic rings. The van der Waals surface area contributed by atoms with Crippen molar-refractivity contribution in [3.05, 3.63) is 54.6 Å². The molecule has 2 aromatic carbocycles. The summed E-state index contributed by atoms with van der Waals surface area (Å²) in [7, 11) is 1.61. The number of fused-ring (bicyclic) bond motifs is 1. The third kappa shape index (κ3) is 4.47. The van der Waals surface area contributed by atoms with Gasteiger partial charge in [-0.05, 0) is 36.5 Å². The standard InChI is InChI=1S/C19H21N3O2S2/c1-20-18(23)17-13-22(15-9-5-6-10-16(15)24-17)19(25)21-11-12-26-14-7-3-2-4-8-14/h2-10,17H,11-13H2,1H3,(H,20,23)(H,21,25)/t17-/m0/s1. The van der Waals surface area contributed by atoms with Gasteiger partial charge in [-0.1, -0.05) is 30.3 Å². The lowest BCUT2D eigenvalue weighted by atomic mass is 10.2. The van der Waals surface area contributed by atoms with Crippen molar-refractivity contribution >= 4 is 40.7 Å². The summed E-state index contributed by atoms with van der Waals surface area (Å²) in [4.78, 5) is 15.2. The van der Waals surface area contributed by atoms with Crippen LogP contribution in [-0.4, -0.2) is 43.0 Å². The van der Waals surface area contributed by atoms with Crippen LogP contribution in [0.1, 0.15) is 0 Å². The normalized spacial score (nSPS) is 15.6. The first kappa shape index (κ1) is 18.5. The van der Waals surface area contributed by atoms with Crippen molar-refractivity contribution in [2.75, 3.05) is 30.8 Å². The molecule has 0 unspecified atom stereocenters. The van der Waals surface area contributed by atoms with Gasteiger partial charge in [-0.15, -0.1) is 11.8 Å². The number of amides is 1. The summed E-state index contributed by atoms with van der Waals surface area (Å²) in [5, 5.41) is 6.53. The number of hydrogen-bond donors (Lipinski definition) is 2. The first-order chi connectivity index (χ1) is 12.7. The third-order valence-corrected chi connectivity index (χ3v) is 5.33. The SMILES string of the molecule is CNC(=O)[C@@H]1CN(C(=S)NCCSc2ccccc2)c2ccccc2O1. The number of anilines is 1. The van der Waals surface area contributed by atoms with Gasteiger partial charge in [-0.3, -0.25) is 4.79 Å². The van der Waals surface area contributed by atoms with Crippen molar-refractivity contribution < 1.29 is 9.53 Å². The first-order valence-electron chi connectivity index (χ1n) is 8.39. The van der Waals surface area contributed by atoms with Crippen molar-refractivity contribution in [3.63, 3.8) is 0 Å². The van der Waals surface area contributed by atoms with Crippen molar-refractivity contribution in [3.8, 4) is 5.75 Å². The molecule has 1 atom stereocenters. The zero-order valence-corrected chi connectivity index (χ0v) is 16.1. The summed E-state index contributed by atoms with van der Waals surface area (Å²) >= 11 is 7.35. The fourth-order valence-electron chi connectivity index (χ4n) is 2.66. The molecule has 3 rings (SSSR count). The van der Waals surface area contributed by atoms with Crippen LogP contribution >= 0.6 is 24.0 Å². The molecule has 0 bridgehead atoms. The topological polar surface area (TPSA) is 53.6 Å². The zero-order valence-electron chi connectivity index (χ0n) is 14.5. The highest BCUT2D eigenvalue weighted by molar-refractivity contribution is 7.99. The van der Waals surface area contributed by atoms with Crippen molar-refractivity contribution in [1.29, 1.82) is 0 Å². The molecule has 5 nitrogen and oxygen atoms in total. The van der Waals surface area contributed by atoms with E-state index in [1.54, 1.807) is 18.8 Å². The largest absolute Gasteiger partial charge is 0.477 e. The molecule has 0 fully saturated rings. The monoisotopic (exact) mass is 387 g/mol. The van der Waals surface area contributed by atoms with E-state index in [0.29, 0.717) is 17.4 Å². The van der Waals surface area contributed by atoms with Crippen LogP contribution in [0.15, 0.2) is 59.5 Å². The minimum Gasteiger partial charge on any atom is -0.477 e. The molecule has 2 N–H and O–H groups in total. The van der Waals surface area contributed by atoms with Crippen LogP contribution in [0.2, 0.25) is 0 Å². The first-order valence-corrected chi connectivity index (χ1v) is 9.79. The average Bonchev–Trinajstić information content (AvgIpc) is 2.70. The molecule has 2 aromatic rings. The maximum absolute atomic E-state index is 12.0. The van der Waals surface area contributed by atoms with Crippen LogP contribution in [0.4, 0.5) is 5.69 Å². The molecule has 0 saturated carbocycles. The Bertz CT molecular complexity index is 770. The third-order valence-electron chi connectivity index (χ3n) is 3.95. The van der Waals surface area contributed by atoms with Crippen LogP contribution < -0.4 is 20.3 Å². The Morgan fingerprint density at radius 3 is 2.73 bits per heavy atom. The number of rotatable bonds is 5. The molecule has 0 saturated heterocycles. The van der Waals surface area contributed by atoms with Gasteiger partial charge in [0.15, 0.2) is 11.2 Å². The second-order valence-corrected chi connectivity index (χ2v) is 7.25. The smallest absolute Gasteiger partial charge is 0.262 e. The molecule has 0 aliphatic carbocycles. The van der Waals surface area contributed by atoms with E-state index in [0.717, 1.165) is 18.0 Å². The summed E-state index contributed by atoms with van der Waals surface area (Å²) in [6, 6.07) is 17.9. The summed E-state index contributed by atoms with van der Waals surface area (Å²) in [5.41, 5.74) is 0.876. The number of thioether (sulfide) groups is 1. The second-order valence-electron chi connectivity index (χ2n) is 5.69. The number of benzene rings is 2. The molecule has 1 heterocycles. The van der Waals surface area contributed by atoms with Gasteiger partial charge in [-0.2, -0.15) is 0 Å². The average molecular weight is 388 g/mol. The quantitative estimate of drug-likeness (QED) is 0.467. The Kier molecular flexibility index (Phi) is 6.35. The fourth-order valence-corrected chi connectivity index (χ4v) is 3.73. The zero-order chi connectivity index (χ0) is 18.4. The molecule has 0 radical (unpaired) electrons. The van der Waals surface area contributed by atoms with E-state index in [1.807, 2.05) is 47.4 Å². The number of likely N-dealkylation sites (N-methyl/N-ethyl adjacent to an activating group) is 1. The Morgan fingerprint density at radius 2 is 1.96 bits per heavy atom. The van der Waals surface area contributed by atoms with E-state index < -0.39 is 6.10 Å². The van der Waals surface area contributed by atoms with Crippen LogP contribution in [-0.2, 0) is 4.79 Å². The lowest BCUT2D eigenvalue weighted by Crippen LogP contribution is -2.52. The number of nitrogens with zero attached hydrogens (tertiary/aromatic N) is 1. The highest BCUT2D eigenvalue weighted by Crippen LogP contribution is 2.33. The van der Waals surface area contributed by atoms with Crippen LogP contribution in [0.25, 0.3) is 0 Å². The number of para-hydroxylation sites is 2. The van der Waals surface area contributed by atoms with E-state index in [4.69, 9.17) is 17.0 Å². The Morgan fingerprint density at radius 1 is 1.23 bits per heavy atom. The summed E-state index contributed by atoms with van der Waals surface area (Å²) in [5.74, 6) is 1.40. The highest BCUT2D eigenvalue weighted by Gasteiger charge is 2.31. The molecule has 26 heavy (non-hydrogen) atoms. The molecule has 0 aromatic heterocycles. The van der Waals surface area contributed by atoms with Crippen LogP contribution in [0.5, 0.6) is 5.75 Å². The minimum atomic E-state index is -0.589. The molecule has 1 amide bonds. The second kappa shape index (κ2) is 8.91. The van der Waals surface area contributed by atoms with E-state index in [2.05, 4.69) is 22.8 Å². The van der Waals surface area contributed by atoms with Gasteiger partial charge >= 0.3 is 0 Å². The number of hydrogen-bond acceptors (Lipinski definition) is 4. The predicted octanol–water partition coefficient (Wildman–Crippen LogP) is 2.67. The van der Waals surface area contributed by atoms with E-state index in [9.17, 15) is 4.79 Å². The fraction of sp³-hybridized carbons (Fsp3) is 0.263. The van der Waals surface area contributed by atoms with Crippen LogP contribution in [0.3, 0.4) is 0 Å². The predicted molar refractivity (Wildman–Crippen MR) is 110 cm³/mol. The maximum atomic E-state index is 12.0. The van der Waals surface area contributed by atoms with Crippen molar-refractivity contribution in [2.24, 2.45) is 0 Å². The van der Waals surface area contributed by atoms with Crippen LogP contribution in [0, 0.1) is 0 Å². The lowest BCUT2D eigenvalue weighted by molar-refractivity contribution is -0.127. The summed E-state index contributed by atoms with van der Waals surface area (Å²) in [6.07, 6.45) is -0.589. The molecule has 136 valence electrons. The van der Waals surface area contributed by atoms with Gasteiger partial charge < -0.3 is 20.3 Å². The summed E-state index contributed by atoms with van der Waals surface area (Å²) < 4.78 is 5.80. The number of nitrogens with one attached hydrogen (secondary N) is 2. The van der Waals surface area contributed by atoms with E-state index in [1.165, 1.54) is 4.90 Å². The molecular formula is C19H21N3O2S2. The van der Waals surface area contributed by atoms with Gasteiger partial charge in [0.2, 0.25) is 0 Å². The Hall–Kier alpha value is -2.25. The number of carbonyl (C=O) groups excluding carboxylic acids is 1. The number of thiocarbonyl (C=S) groups is 1. The maximum Gasteiger partial charge on any atom is 0.262 e. The molecule has 0 spiro atoms. The van der Waals surface area contributed by atoms with Gasteiger partial charge in [-0.25, -0.2) is 0 Å². The van der Waals surface area contributed by atoms with Gasteiger partial charge in [0.05, 0.1) is 12.2 Å². The Balaban J connectivity index is 1.61. The highest BCUT2D eigenvalue weighted by atomic mass is 32.2. The molecule has 7 heteroatoms. The molecular weight excluding hydrogens is 366 g/mol. The van der Waals surface area contributed by atoms with E-state index in [-0.39, 0.29) is 5.91 Å². The number of carbonyl (C=O) groups is 1. The Labute approximate surface area is 163 Å². The van der Waals surface area contributed by atoms with Gasteiger partial charge in [0.25, 0.3) is 5.91 Å². The van der Waals surface area contributed by atoms with E-state index >= 15 is 0 Å². The lowest BCUT2D eigenvalue weighted by Gasteiger charge is -2.35. The van der Waals surface area contributed by atoms with Crippen molar-refractivity contribution in [2.45, 2.75) is 11.0 Å². The van der Waals surface area contributed by atoms with Gasteiger partial charge in [0.1, 0.15) is 5.75 Å². The van der Waals surface area contributed by atoms with Gasteiger partial charge in [0, 0.05) is 24.2 Å².